The summed E-state index contributed by atoms with van der Waals surface area (Å²) in [5.74, 6) is 0.240. The van der Waals surface area contributed by atoms with Crippen LogP contribution in [0.25, 0.3) is 0 Å². The molecule has 2 aromatic carbocycles. The number of benzene rings is 2. The quantitative estimate of drug-likeness (QED) is 0.419. The van der Waals surface area contributed by atoms with Crippen molar-refractivity contribution in [3.05, 3.63) is 58.6 Å². The SMILES string of the molecule is CCOC(=O)[C@H]1[C@@H](C(=O)c2ccc(Br)cc2)N1c1ccc(OC)cc1. The van der Waals surface area contributed by atoms with Gasteiger partial charge in [-0.05, 0) is 43.3 Å². The third kappa shape index (κ3) is 3.54. The highest BCUT2D eigenvalue weighted by molar-refractivity contribution is 9.10. The molecule has 0 amide bonds. The fourth-order valence-electron chi connectivity index (χ4n) is 2.83. The number of carbonyl (C=O) groups excluding carboxylic acids is 2. The van der Waals surface area contributed by atoms with Gasteiger partial charge in [0.1, 0.15) is 11.8 Å². The van der Waals surface area contributed by atoms with Gasteiger partial charge in [0.15, 0.2) is 11.8 Å². The molecule has 1 fully saturated rings. The molecule has 3 rings (SSSR count). The summed E-state index contributed by atoms with van der Waals surface area (Å²) in [5, 5.41) is 0. The number of Topliss-reactive ketones (excluding diaryl/α,β-unsaturated/α-hetero) is 1. The Morgan fingerprint density at radius 3 is 2.24 bits per heavy atom. The van der Waals surface area contributed by atoms with Gasteiger partial charge in [-0.2, -0.15) is 0 Å². The van der Waals surface area contributed by atoms with Crippen molar-refractivity contribution in [1.29, 1.82) is 0 Å². The van der Waals surface area contributed by atoms with E-state index >= 15 is 0 Å². The smallest absolute Gasteiger partial charge is 0.331 e. The molecule has 1 saturated heterocycles. The molecule has 0 radical (unpaired) electrons. The Morgan fingerprint density at radius 2 is 1.68 bits per heavy atom. The Balaban J connectivity index is 1.87. The molecule has 2 aromatic rings. The lowest BCUT2D eigenvalue weighted by Crippen LogP contribution is -2.18. The van der Waals surface area contributed by atoms with Crippen LogP contribution in [0, 0.1) is 0 Å². The standard InChI is InChI=1S/C19H18BrNO4/c1-3-25-19(23)17-16(18(22)12-4-6-13(20)7-5-12)21(17)14-8-10-15(24-2)11-9-14/h4-11,16-17H,3H2,1-2H3/t16-,17+,21?/m0/s1. The molecule has 5 nitrogen and oxygen atoms in total. The fourth-order valence-corrected chi connectivity index (χ4v) is 3.10. The van der Waals surface area contributed by atoms with Crippen LogP contribution in [-0.4, -0.2) is 37.6 Å². The van der Waals surface area contributed by atoms with Crippen LogP contribution in [0.4, 0.5) is 5.69 Å². The van der Waals surface area contributed by atoms with Gasteiger partial charge >= 0.3 is 5.97 Å². The van der Waals surface area contributed by atoms with Gasteiger partial charge in [-0.3, -0.25) is 4.79 Å². The maximum absolute atomic E-state index is 12.9. The minimum absolute atomic E-state index is 0.0960. The fraction of sp³-hybridized carbons (Fsp3) is 0.263. The molecule has 6 heteroatoms. The van der Waals surface area contributed by atoms with Crippen molar-refractivity contribution in [3.8, 4) is 5.75 Å². The van der Waals surface area contributed by atoms with Crippen molar-refractivity contribution in [2.24, 2.45) is 0 Å². The first-order valence-electron chi connectivity index (χ1n) is 7.95. The van der Waals surface area contributed by atoms with Gasteiger partial charge in [0.2, 0.25) is 0 Å². The molecular weight excluding hydrogens is 386 g/mol. The molecule has 0 unspecified atom stereocenters. The summed E-state index contributed by atoms with van der Waals surface area (Å²) >= 11 is 3.36. The molecule has 0 saturated carbocycles. The Morgan fingerprint density at radius 1 is 1.04 bits per heavy atom. The number of rotatable bonds is 6. The summed E-state index contributed by atoms with van der Waals surface area (Å²) in [6.45, 7) is 2.04. The lowest BCUT2D eigenvalue weighted by Gasteiger charge is -2.07. The highest BCUT2D eigenvalue weighted by atomic mass is 79.9. The molecule has 0 aromatic heterocycles. The first kappa shape index (κ1) is 17.5. The van der Waals surface area contributed by atoms with Crippen LogP contribution in [0.3, 0.4) is 0 Å². The summed E-state index contributed by atoms with van der Waals surface area (Å²) < 4.78 is 11.2. The van der Waals surface area contributed by atoms with E-state index in [9.17, 15) is 9.59 Å². The second-order valence-corrected chi connectivity index (χ2v) is 6.53. The number of ether oxygens (including phenoxy) is 2. The van der Waals surface area contributed by atoms with Crippen molar-refractivity contribution in [2.45, 2.75) is 19.0 Å². The largest absolute Gasteiger partial charge is 0.497 e. The Kier molecular flexibility index (Phi) is 5.08. The highest BCUT2D eigenvalue weighted by Crippen LogP contribution is 2.39. The zero-order valence-electron chi connectivity index (χ0n) is 13.9. The topological polar surface area (TPSA) is 55.6 Å². The summed E-state index contributed by atoms with van der Waals surface area (Å²) in [6, 6.07) is 13.3. The van der Waals surface area contributed by atoms with E-state index in [-0.39, 0.29) is 18.4 Å². The number of ketones is 1. The Hall–Kier alpha value is -2.34. The van der Waals surface area contributed by atoms with Gasteiger partial charge in [0, 0.05) is 15.7 Å². The molecule has 0 N–H and O–H groups in total. The lowest BCUT2D eigenvalue weighted by molar-refractivity contribution is -0.142. The Bertz CT molecular complexity index is 773. The predicted molar refractivity (Wildman–Crippen MR) is 98.2 cm³/mol. The monoisotopic (exact) mass is 403 g/mol. The summed E-state index contributed by atoms with van der Waals surface area (Å²) in [6.07, 6.45) is 0. The number of carbonyl (C=O) groups is 2. The molecule has 25 heavy (non-hydrogen) atoms. The molecule has 0 aliphatic carbocycles. The second-order valence-electron chi connectivity index (χ2n) is 5.62. The number of hydrogen-bond donors (Lipinski definition) is 0. The number of methoxy groups -OCH3 is 1. The van der Waals surface area contributed by atoms with E-state index in [2.05, 4.69) is 15.9 Å². The van der Waals surface area contributed by atoms with E-state index in [1.165, 1.54) is 0 Å². The van der Waals surface area contributed by atoms with Crippen molar-refractivity contribution < 1.29 is 19.1 Å². The molecule has 1 aliphatic heterocycles. The first-order valence-corrected chi connectivity index (χ1v) is 8.75. The van der Waals surface area contributed by atoms with Crippen LogP contribution in [0.1, 0.15) is 17.3 Å². The zero-order chi connectivity index (χ0) is 18.0. The van der Waals surface area contributed by atoms with E-state index in [1.807, 2.05) is 24.3 Å². The maximum atomic E-state index is 12.9. The number of nitrogens with zero attached hydrogens (tertiary/aromatic N) is 1. The van der Waals surface area contributed by atoms with Gasteiger partial charge in [0.25, 0.3) is 0 Å². The summed E-state index contributed by atoms with van der Waals surface area (Å²) in [4.78, 5) is 26.9. The molecular formula is C19H18BrNO4. The minimum Gasteiger partial charge on any atom is -0.497 e. The number of esters is 1. The Labute approximate surface area is 154 Å². The molecule has 130 valence electrons. The molecule has 2 atom stereocenters. The van der Waals surface area contributed by atoms with E-state index in [1.54, 1.807) is 43.2 Å². The number of halogens is 1. The predicted octanol–water partition coefficient (Wildman–Crippen LogP) is 3.46. The van der Waals surface area contributed by atoms with Crippen molar-refractivity contribution >= 4 is 33.4 Å². The van der Waals surface area contributed by atoms with Crippen molar-refractivity contribution in [1.82, 2.24) is 0 Å². The van der Waals surface area contributed by atoms with Crippen LogP contribution in [-0.2, 0) is 9.53 Å². The van der Waals surface area contributed by atoms with Gasteiger partial charge in [-0.1, -0.05) is 28.1 Å². The van der Waals surface area contributed by atoms with Crippen LogP contribution >= 0.6 is 15.9 Å². The maximum Gasteiger partial charge on any atom is 0.331 e. The van der Waals surface area contributed by atoms with Crippen molar-refractivity contribution in [2.75, 3.05) is 18.6 Å². The molecule has 1 heterocycles. The third-order valence-corrected chi connectivity index (χ3v) is 4.63. The van der Waals surface area contributed by atoms with E-state index < -0.39 is 12.1 Å². The van der Waals surface area contributed by atoms with Crippen LogP contribution in [0.5, 0.6) is 5.75 Å². The normalized spacial score (nSPS) is 18.6. The van der Waals surface area contributed by atoms with E-state index in [0.717, 1.165) is 10.2 Å². The first-order chi connectivity index (χ1) is 12.1. The average Bonchev–Trinajstić information content (AvgIpc) is 3.38. The lowest BCUT2D eigenvalue weighted by atomic mass is 10.1. The number of anilines is 1. The minimum atomic E-state index is -0.593. The van der Waals surface area contributed by atoms with Crippen LogP contribution in [0.15, 0.2) is 53.0 Å². The third-order valence-electron chi connectivity index (χ3n) is 4.10. The molecule has 0 bridgehead atoms. The van der Waals surface area contributed by atoms with Gasteiger partial charge in [0.05, 0.1) is 13.7 Å². The number of hydrogen-bond acceptors (Lipinski definition) is 5. The van der Waals surface area contributed by atoms with Crippen LogP contribution < -0.4 is 9.64 Å². The zero-order valence-corrected chi connectivity index (χ0v) is 15.5. The van der Waals surface area contributed by atoms with E-state index in [4.69, 9.17) is 9.47 Å². The summed E-state index contributed by atoms with van der Waals surface area (Å²) in [7, 11) is 1.59. The van der Waals surface area contributed by atoms with Crippen molar-refractivity contribution in [3.63, 3.8) is 0 Å². The average molecular weight is 404 g/mol. The summed E-state index contributed by atoms with van der Waals surface area (Å²) in [5.41, 5.74) is 1.35. The molecule has 0 spiro atoms. The van der Waals surface area contributed by atoms with Gasteiger partial charge < -0.3 is 14.4 Å². The van der Waals surface area contributed by atoms with Gasteiger partial charge in [-0.25, -0.2) is 4.79 Å². The van der Waals surface area contributed by atoms with Gasteiger partial charge in [-0.15, -0.1) is 0 Å². The second kappa shape index (κ2) is 7.27. The van der Waals surface area contributed by atoms with E-state index in [0.29, 0.717) is 11.3 Å². The molecule has 1 aliphatic rings. The van der Waals surface area contributed by atoms with Crippen LogP contribution in [0.2, 0.25) is 0 Å². The highest BCUT2D eigenvalue weighted by Gasteiger charge is 2.58.